The maximum atomic E-state index is 13.5. The molecule has 0 radical (unpaired) electrons. The molecule has 17 rings (SSSR count). The molecule has 0 N–H and O–H groups in total. The van der Waals surface area contributed by atoms with Crippen LogP contribution in [0.25, 0.3) is 77.3 Å². The SMILES string of the molecule is Cc1cc(C(C)C)c(OC(=O)OC(C)(C)C)c(-c2c(C)c(C)cc(C(C)C)c2Op2oc3c(C(C)C)cc(C)c(C)c3c3c(C)c(C)cc(C(C)C)c3o2)c1C.Cc1cc(C)c(OC(=O)OC(C)(C)C)c(-c2cc(C)cc(C)c2OP2OC(c3ccccc3)(c3ccccc3)C(c3ccccc3)(c3ccccc3)O2)c1.Cc1cc(C)c(OC(=O)OC(C)(C)C)c(-c2cc(C)cc(C)c2Op2oc3ccccc3c3ccccc3o2)c1. The molecule has 0 saturated carbocycles. The predicted octanol–water partition coefficient (Wildman–Crippen LogP) is 38.9. The summed E-state index contributed by atoms with van der Waals surface area (Å²) in [6, 6.07) is 81.7. The van der Waals surface area contributed by atoms with Gasteiger partial charge in [0.15, 0.2) is 11.2 Å². The van der Waals surface area contributed by atoms with Crippen LogP contribution in [0.15, 0.2) is 259 Å². The Morgan fingerprint density at radius 3 is 0.860 bits per heavy atom. The number of ether oxygens (including phenoxy) is 6. The minimum absolute atomic E-state index is 0.0535. The average Bonchev–Trinajstić information content (AvgIpc) is 1.52. The van der Waals surface area contributed by atoms with Gasteiger partial charge in [0.1, 0.15) is 73.6 Å². The van der Waals surface area contributed by atoms with Crippen molar-refractivity contribution in [1.82, 2.24) is 0 Å². The summed E-state index contributed by atoms with van der Waals surface area (Å²) in [7, 11) is -6.05. The molecule has 21 heteroatoms. The zero-order chi connectivity index (χ0) is 109. The minimum Gasteiger partial charge on any atom is -0.428 e. The molecule has 1 saturated heterocycles. The Bertz CT molecular complexity index is 7560. The van der Waals surface area contributed by atoms with Crippen LogP contribution in [0.4, 0.5) is 14.4 Å². The molecule has 1 aliphatic rings. The van der Waals surface area contributed by atoms with Crippen LogP contribution in [0.5, 0.6) is 34.5 Å². The normalized spacial score (nSPS) is 13.0. The molecule has 16 aromatic rings. The van der Waals surface area contributed by atoms with Gasteiger partial charge >= 0.3 is 43.5 Å². The molecular weight excluding hydrogens is 1930 g/mol. The van der Waals surface area contributed by atoms with Crippen molar-refractivity contribution in [3.8, 4) is 67.9 Å². The second-order valence-corrected chi connectivity index (χ2v) is 46.9. The van der Waals surface area contributed by atoms with Crippen molar-refractivity contribution in [3.05, 3.63) is 376 Å². The molecule has 0 unspecified atom stereocenters. The number of carbonyl (C=O) groups is 3. The highest BCUT2D eigenvalue weighted by molar-refractivity contribution is 7.42. The zero-order valence-electron chi connectivity index (χ0n) is 93.1. The Kier molecular flexibility index (Phi) is 33.1. The van der Waals surface area contributed by atoms with E-state index in [2.05, 4.69) is 190 Å². The lowest BCUT2D eigenvalue weighted by Crippen LogP contribution is -2.48. The molecule has 0 spiro atoms. The van der Waals surface area contributed by atoms with Gasteiger partial charge in [-0.3, -0.25) is 9.05 Å². The molecule has 3 heterocycles. The standard InChI is InChI=1S/C49H65O6P.C47H45O6P.C33H33O6P/c1-24(2)36-20-28(9)32(13)40(44(36)51-48(50)52-49(17,18)19)41-33(14)29(10)21-37(25(3)4)45(41)53-56-54-46-38(26(5)6)22-30(11)34(15)42(46)43-35(16)31(12)23-39(27(7)8)47(43)55-56;1-32-28-34(3)42(49-44(48)50-45(5,6)7)40(30-32)41-31-33(2)29-35(4)43(41)51-54-52-46(36-20-12-8-13-21-36,37-22-14-9-15-23-37)47(53-54,38-24-16-10-17-25-38)39-26-18-11-19-27-39;1-20-16-22(3)30(35-32(34)36-33(5,6)7)26(18-20)27-19-21(2)17-23(4)31(27)39-40-37-28-14-10-8-12-24(28)25-13-9-11-15-29(25)38-40/h20-27H,1-19H3;8-31H,1-7H3;8-19H,1-7H3. The van der Waals surface area contributed by atoms with Gasteiger partial charge in [-0.05, 0) is 367 Å². The van der Waals surface area contributed by atoms with Crippen LogP contribution in [-0.4, -0.2) is 35.3 Å². The Morgan fingerprint density at radius 1 is 0.273 bits per heavy atom. The fourth-order valence-electron chi connectivity index (χ4n) is 19.8. The molecule has 14 aromatic carbocycles. The van der Waals surface area contributed by atoms with Gasteiger partial charge in [0.05, 0.1) is 0 Å². The van der Waals surface area contributed by atoms with E-state index >= 15 is 0 Å². The van der Waals surface area contributed by atoms with Gasteiger partial charge in [0, 0.05) is 54.9 Å². The first-order chi connectivity index (χ1) is 70.8. The van der Waals surface area contributed by atoms with Crippen LogP contribution < -0.4 is 27.8 Å². The quantitative estimate of drug-likeness (QED) is 0.0301. The Morgan fingerprint density at radius 2 is 0.533 bits per heavy atom. The van der Waals surface area contributed by atoms with Crippen molar-refractivity contribution in [3.63, 3.8) is 0 Å². The number of carbonyl (C=O) groups excluding carboxylic acids is 3. The third-order valence-electron chi connectivity index (χ3n) is 27.2. The van der Waals surface area contributed by atoms with Gasteiger partial charge in [0.2, 0.25) is 0 Å². The van der Waals surface area contributed by atoms with Crippen molar-refractivity contribution in [2.45, 2.75) is 280 Å². The summed E-state index contributed by atoms with van der Waals surface area (Å²) in [6.07, 6.45) is -2.28. The van der Waals surface area contributed by atoms with Gasteiger partial charge in [-0.25, -0.2) is 14.4 Å². The van der Waals surface area contributed by atoms with E-state index in [1.54, 1.807) is 20.8 Å². The van der Waals surface area contributed by atoms with Crippen LogP contribution in [0.2, 0.25) is 0 Å². The van der Waals surface area contributed by atoms with Crippen LogP contribution in [0, 0.1) is 111 Å². The fraction of sp³-hybridized carbons (Fsp3) is 0.326. The lowest BCUT2D eigenvalue weighted by Gasteiger charge is -2.43. The summed E-state index contributed by atoms with van der Waals surface area (Å²) in [6.45, 7) is 66.9. The first-order valence-electron chi connectivity index (χ1n) is 51.5. The second kappa shape index (κ2) is 44.9. The number of aryl methyl sites for hydroxylation is 14. The fourth-order valence-corrected chi connectivity index (χ4v) is 23.8. The van der Waals surface area contributed by atoms with E-state index in [1.807, 2.05) is 261 Å². The molecule has 0 bridgehead atoms. The summed E-state index contributed by atoms with van der Waals surface area (Å²) in [5.41, 5.74) is 27.4. The topological polar surface area (TPSA) is 205 Å². The highest BCUT2D eigenvalue weighted by Gasteiger charge is 2.67. The van der Waals surface area contributed by atoms with E-state index in [0.717, 1.165) is 172 Å². The summed E-state index contributed by atoms with van der Waals surface area (Å²) in [4.78, 5) is 39.4. The lowest BCUT2D eigenvalue weighted by molar-refractivity contribution is 0.00370. The van der Waals surface area contributed by atoms with Gasteiger partial charge in [-0.1, -0.05) is 262 Å². The number of rotatable bonds is 20. The third kappa shape index (κ3) is 23.6. The van der Waals surface area contributed by atoms with Crippen LogP contribution in [0.1, 0.15) is 275 Å². The number of para-hydroxylation sites is 2. The number of fused-ring (bicyclic) bond motifs is 6. The van der Waals surface area contributed by atoms with Gasteiger partial charge in [0.25, 0.3) is 0 Å². The van der Waals surface area contributed by atoms with Crippen molar-refractivity contribution in [1.29, 1.82) is 0 Å². The summed E-state index contributed by atoms with van der Waals surface area (Å²) in [5, 5.41) is 4.03. The molecule has 0 atom stereocenters. The third-order valence-corrected chi connectivity index (χ3v) is 30.4. The second-order valence-electron chi connectivity index (χ2n) is 43.9. The predicted molar refractivity (Wildman–Crippen MR) is 610 cm³/mol. The molecule has 0 aliphatic carbocycles. The van der Waals surface area contributed by atoms with E-state index < -0.39 is 71.6 Å². The molecule has 1 fully saturated rings. The number of hydrogen-bond donors (Lipinski definition) is 0. The molecule has 2 aromatic heterocycles. The Labute approximate surface area is 888 Å². The molecule has 1 aliphatic heterocycles. The first kappa shape index (κ1) is 111. The van der Waals surface area contributed by atoms with Crippen LogP contribution in [0.3, 0.4) is 0 Å². The average molecular weight is 2070 g/mol. The first-order valence-corrected chi connectivity index (χ1v) is 54.8. The zero-order valence-corrected chi connectivity index (χ0v) is 95.8. The van der Waals surface area contributed by atoms with Gasteiger partial charge < -0.3 is 58.8 Å². The molecular formula is C129H143O18P3. The smallest absolute Gasteiger partial charge is 0.428 e. The van der Waals surface area contributed by atoms with Crippen molar-refractivity contribution >= 4 is 87.4 Å². The molecule has 18 nitrogen and oxygen atoms in total. The van der Waals surface area contributed by atoms with Crippen molar-refractivity contribution in [2.75, 3.05) is 0 Å². The molecule has 0 amide bonds. The highest BCUT2D eigenvalue weighted by Crippen LogP contribution is 2.71. The van der Waals surface area contributed by atoms with E-state index in [1.165, 1.54) is 22.3 Å². The number of benzene rings is 14. The summed E-state index contributed by atoms with van der Waals surface area (Å²) in [5.74, 6) is 3.65. The van der Waals surface area contributed by atoms with Crippen LogP contribution >= 0.6 is 25.1 Å². The molecule has 150 heavy (non-hydrogen) atoms. The van der Waals surface area contributed by atoms with Crippen LogP contribution in [-0.2, 0) is 34.5 Å². The van der Waals surface area contributed by atoms with E-state index in [4.69, 9.17) is 67.8 Å². The monoisotopic (exact) mass is 2070 g/mol. The van der Waals surface area contributed by atoms with Crippen molar-refractivity contribution < 1.29 is 82.2 Å². The number of hydrogen-bond acceptors (Lipinski definition) is 18. The molecule has 782 valence electrons. The Hall–Kier alpha value is -13.6. The maximum absolute atomic E-state index is 13.5. The lowest BCUT2D eigenvalue weighted by atomic mass is 9.66. The van der Waals surface area contributed by atoms with E-state index in [0.29, 0.717) is 51.2 Å². The summed E-state index contributed by atoms with van der Waals surface area (Å²) >= 11 is 0. The largest absolute Gasteiger partial charge is 0.514 e. The van der Waals surface area contributed by atoms with Crippen molar-refractivity contribution in [2.24, 2.45) is 0 Å². The van der Waals surface area contributed by atoms with E-state index in [-0.39, 0.29) is 23.7 Å². The van der Waals surface area contributed by atoms with Gasteiger partial charge in [-0.15, -0.1) is 0 Å². The summed E-state index contributed by atoms with van der Waals surface area (Å²) < 4.78 is 97.9. The van der Waals surface area contributed by atoms with Gasteiger partial charge in [-0.2, -0.15) is 0 Å². The highest BCUT2D eigenvalue weighted by atomic mass is 31.2. The maximum Gasteiger partial charge on any atom is 0.514 e. The minimum atomic E-state index is -2.12. The Balaban J connectivity index is 0.000000170. The van der Waals surface area contributed by atoms with E-state index in [9.17, 15) is 14.4 Å².